The first kappa shape index (κ1) is 34.7. The van der Waals surface area contributed by atoms with Crippen molar-refractivity contribution in [3.63, 3.8) is 0 Å². The lowest BCUT2D eigenvalue weighted by Crippen LogP contribution is -2.54. The number of rotatable bonds is 18. The Balaban J connectivity index is 1.54. The number of aliphatic hydroxyl groups is 1. The number of fused-ring (bicyclic) bond motifs is 1. The normalized spacial score (nSPS) is 20.4. The molecule has 2 aromatic carbocycles. The Labute approximate surface area is 265 Å². The van der Waals surface area contributed by atoms with Gasteiger partial charge in [0.25, 0.3) is 0 Å². The molecule has 12 nitrogen and oxygen atoms in total. The highest BCUT2D eigenvalue weighted by molar-refractivity contribution is 5.65. The molecule has 2 aliphatic rings. The molecule has 1 amide bonds. The zero-order valence-corrected chi connectivity index (χ0v) is 26.6. The predicted molar refractivity (Wildman–Crippen MR) is 168 cm³/mol. The maximum Gasteiger partial charge on any atom is 0.407 e. The Bertz CT molecular complexity index is 1170. The van der Waals surface area contributed by atoms with Crippen molar-refractivity contribution in [3.8, 4) is 11.5 Å². The second kappa shape index (κ2) is 18.1. The van der Waals surface area contributed by atoms with Crippen LogP contribution in [-0.4, -0.2) is 127 Å². The number of methoxy groups -OCH3 is 3. The summed E-state index contributed by atoms with van der Waals surface area (Å²) in [5.74, 6) is 1.27. The molecule has 12 heteroatoms. The minimum absolute atomic E-state index is 0.000389. The maximum absolute atomic E-state index is 12.2. The molecule has 0 unspecified atom stereocenters. The third kappa shape index (κ3) is 10.2. The average molecular weight is 633 g/mol. The van der Waals surface area contributed by atoms with Gasteiger partial charge in [-0.3, -0.25) is 0 Å². The van der Waals surface area contributed by atoms with Crippen LogP contribution in [0.2, 0.25) is 0 Å². The lowest BCUT2D eigenvalue weighted by molar-refractivity contribution is -0.107. The number of benzene rings is 2. The molecule has 2 heterocycles. The molecule has 0 aromatic heterocycles. The van der Waals surface area contributed by atoms with E-state index in [1.54, 1.807) is 14.2 Å². The van der Waals surface area contributed by atoms with E-state index in [9.17, 15) is 15.0 Å². The lowest BCUT2D eigenvalue weighted by atomic mass is 9.84. The lowest BCUT2D eigenvalue weighted by Gasteiger charge is -2.43. The highest BCUT2D eigenvalue weighted by Crippen LogP contribution is 2.36. The highest BCUT2D eigenvalue weighted by atomic mass is 16.5. The van der Waals surface area contributed by atoms with Crippen molar-refractivity contribution >= 4 is 11.8 Å². The van der Waals surface area contributed by atoms with Gasteiger partial charge in [-0.2, -0.15) is 0 Å². The maximum atomic E-state index is 12.2. The van der Waals surface area contributed by atoms with Crippen LogP contribution in [0.15, 0.2) is 42.5 Å². The van der Waals surface area contributed by atoms with E-state index in [0.717, 1.165) is 54.2 Å². The molecule has 4 rings (SSSR count). The average Bonchev–Trinajstić information content (AvgIpc) is 3.05. The summed E-state index contributed by atoms with van der Waals surface area (Å²) in [6.07, 6.45) is -1.29. The van der Waals surface area contributed by atoms with Crippen molar-refractivity contribution in [1.82, 2.24) is 4.90 Å². The molecule has 1 fully saturated rings. The van der Waals surface area contributed by atoms with Crippen molar-refractivity contribution in [2.75, 3.05) is 92.0 Å². The molecule has 1 saturated heterocycles. The fourth-order valence-corrected chi connectivity index (χ4v) is 5.77. The smallest absolute Gasteiger partial charge is 0.407 e. The summed E-state index contributed by atoms with van der Waals surface area (Å²) in [5, 5.41) is 20.3. The highest BCUT2D eigenvalue weighted by Gasteiger charge is 2.41. The van der Waals surface area contributed by atoms with Crippen molar-refractivity contribution in [3.05, 3.63) is 53.6 Å². The fourth-order valence-electron chi connectivity index (χ4n) is 5.77. The fraction of sp³-hybridized carbons (Fsp3) is 0.606. The van der Waals surface area contributed by atoms with Gasteiger partial charge in [0.05, 0.1) is 64.0 Å². The number of aliphatic hydroxyl groups excluding tert-OH is 1. The number of carboxylic acid groups (broad SMARTS) is 1. The Kier molecular flexibility index (Phi) is 14.0. The number of carbonyl (C=O) groups is 1. The van der Waals surface area contributed by atoms with E-state index in [1.807, 2.05) is 36.4 Å². The summed E-state index contributed by atoms with van der Waals surface area (Å²) in [4.78, 5) is 15.8. The molecule has 2 N–H and O–H groups in total. The monoisotopic (exact) mass is 632 g/mol. The van der Waals surface area contributed by atoms with Crippen LogP contribution < -0.4 is 14.4 Å². The van der Waals surface area contributed by atoms with E-state index in [4.69, 9.17) is 33.2 Å². The molecule has 0 saturated carbocycles. The van der Waals surface area contributed by atoms with Crippen LogP contribution in [0.4, 0.5) is 10.5 Å². The van der Waals surface area contributed by atoms with Crippen molar-refractivity contribution in [2.24, 2.45) is 0 Å². The molecule has 2 aliphatic heterocycles. The molecule has 0 aliphatic carbocycles. The van der Waals surface area contributed by atoms with Gasteiger partial charge in [0.1, 0.15) is 24.2 Å². The Morgan fingerprint density at radius 3 is 2.38 bits per heavy atom. The summed E-state index contributed by atoms with van der Waals surface area (Å²) >= 11 is 0. The summed E-state index contributed by atoms with van der Waals surface area (Å²) in [6.45, 7) is 4.81. The van der Waals surface area contributed by atoms with Crippen LogP contribution in [0.3, 0.4) is 0 Å². The number of hydrogen-bond donors (Lipinski definition) is 2. The number of nitrogens with zero attached hydrogens (tertiary/aromatic N) is 2. The number of piperidine rings is 1. The van der Waals surface area contributed by atoms with Crippen LogP contribution in [0.25, 0.3) is 0 Å². The van der Waals surface area contributed by atoms with Gasteiger partial charge in [-0.1, -0.05) is 18.2 Å². The Morgan fingerprint density at radius 2 is 1.67 bits per heavy atom. The molecule has 4 atom stereocenters. The van der Waals surface area contributed by atoms with Gasteiger partial charge in [-0.15, -0.1) is 0 Å². The van der Waals surface area contributed by atoms with Crippen LogP contribution in [0, 0.1) is 0 Å². The number of hydrogen-bond acceptors (Lipinski definition) is 10. The van der Waals surface area contributed by atoms with Gasteiger partial charge in [-0.25, -0.2) is 4.79 Å². The molecule has 250 valence electrons. The first-order chi connectivity index (χ1) is 21.9. The van der Waals surface area contributed by atoms with E-state index >= 15 is 0 Å². The van der Waals surface area contributed by atoms with Gasteiger partial charge in [0.2, 0.25) is 0 Å². The van der Waals surface area contributed by atoms with Gasteiger partial charge in [-0.05, 0) is 41.8 Å². The summed E-state index contributed by atoms with van der Waals surface area (Å²) in [7, 11) is 4.87. The summed E-state index contributed by atoms with van der Waals surface area (Å²) in [6, 6.07) is 13.8. The quantitative estimate of drug-likeness (QED) is 0.235. The third-order valence-corrected chi connectivity index (χ3v) is 7.98. The van der Waals surface area contributed by atoms with E-state index in [1.165, 1.54) is 12.0 Å². The summed E-state index contributed by atoms with van der Waals surface area (Å²) < 4.78 is 39.9. The number of amides is 1. The molecule has 45 heavy (non-hydrogen) atoms. The van der Waals surface area contributed by atoms with Crippen molar-refractivity contribution in [2.45, 2.75) is 43.7 Å². The second-order valence-corrected chi connectivity index (χ2v) is 11.3. The zero-order chi connectivity index (χ0) is 32.0. The number of likely N-dealkylation sites (tertiary alicyclic amines) is 1. The van der Waals surface area contributed by atoms with Gasteiger partial charge in [0.15, 0.2) is 0 Å². The van der Waals surface area contributed by atoms with E-state index < -0.39 is 24.4 Å². The minimum atomic E-state index is -1.05. The number of ether oxygens (including phenoxy) is 7. The molecule has 0 bridgehead atoms. The van der Waals surface area contributed by atoms with Crippen LogP contribution in [-0.2, 0) is 30.3 Å². The summed E-state index contributed by atoms with van der Waals surface area (Å²) in [5.41, 5.74) is 2.90. The van der Waals surface area contributed by atoms with Crippen LogP contribution >= 0.6 is 0 Å². The minimum Gasteiger partial charge on any atom is -0.494 e. The number of anilines is 1. The first-order valence-corrected chi connectivity index (χ1v) is 15.5. The largest absolute Gasteiger partial charge is 0.494 e. The Hall–Kier alpha value is -3.13. The van der Waals surface area contributed by atoms with Crippen molar-refractivity contribution in [1.29, 1.82) is 0 Å². The predicted octanol–water partition coefficient (Wildman–Crippen LogP) is 3.39. The topological polar surface area (TPSA) is 129 Å². The molecule has 0 radical (unpaired) electrons. The van der Waals surface area contributed by atoms with Gasteiger partial charge in [0, 0.05) is 53.4 Å². The molecule has 2 aromatic rings. The van der Waals surface area contributed by atoms with Crippen LogP contribution in [0.1, 0.15) is 29.9 Å². The van der Waals surface area contributed by atoms with E-state index in [-0.39, 0.29) is 38.8 Å². The standard InChI is InChI=1S/C33H48N2O10/c1-39-14-4-12-34-13-17-43-29-11-6-24(18-28(29)34)21-44-30-19-35(33(37)38)20-31(45-23-26(36)22-41-3)32(30)25-7-9-27(10-8-25)42-16-5-15-40-2/h6-11,18,26,30-32,36H,4-5,12-17,19-23H2,1-3H3,(H,37,38)/t26-,30-,31+,32+/m0/s1. The van der Waals surface area contributed by atoms with Gasteiger partial charge < -0.3 is 53.2 Å². The zero-order valence-electron chi connectivity index (χ0n) is 26.6. The first-order valence-electron chi connectivity index (χ1n) is 15.5. The van der Waals surface area contributed by atoms with E-state index in [0.29, 0.717) is 26.4 Å². The van der Waals surface area contributed by atoms with E-state index in [2.05, 4.69) is 11.0 Å². The Morgan fingerprint density at radius 1 is 0.933 bits per heavy atom. The molecule has 0 spiro atoms. The van der Waals surface area contributed by atoms with Gasteiger partial charge >= 0.3 is 6.09 Å². The SMILES string of the molecule is COCCCOc1ccc([C@@H]2[C@@H](OCc3ccc4c(c3)N(CCCOC)CCO4)CN(C(=O)O)C[C@H]2OC[C@@H](O)COC)cc1. The molecular formula is C33H48N2O10. The van der Waals surface area contributed by atoms with Crippen LogP contribution in [0.5, 0.6) is 11.5 Å². The third-order valence-electron chi connectivity index (χ3n) is 7.98. The molecular weight excluding hydrogens is 584 g/mol. The second-order valence-electron chi connectivity index (χ2n) is 11.3. The van der Waals surface area contributed by atoms with Crippen molar-refractivity contribution < 1.29 is 48.2 Å².